The molecule has 5 heteroatoms. The summed E-state index contributed by atoms with van der Waals surface area (Å²) in [5.41, 5.74) is 1.02. The van der Waals surface area contributed by atoms with Gasteiger partial charge in [0.15, 0.2) is 0 Å². The lowest BCUT2D eigenvalue weighted by Gasteiger charge is -2.39. The van der Waals surface area contributed by atoms with Gasteiger partial charge in [-0.15, -0.1) is 0 Å². The van der Waals surface area contributed by atoms with Crippen LogP contribution in [0.3, 0.4) is 0 Å². The topological polar surface area (TPSA) is 67.0 Å². The molecule has 2 rings (SSSR count). The molecule has 5 nitrogen and oxygen atoms in total. The lowest BCUT2D eigenvalue weighted by Crippen LogP contribution is -2.54. The number of nitrogens with zero attached hydrogens (tertiary/aromatic N) is 1. The van der Waals surface area contributed by atoms with E-state index in [2.05, 4.69) is 60.3 Å². The highest BCUT2D eigenvalue weighted by molar-refractivity contribution is 5.38. The zero-order chi connectivity index (χ0) is 18.8. The van der Waals surface area contributed by atoms with E-state index in [4.69, 9.17) is 4.74 Å². The van der Waals surface area contributed by atoms with Crippen LogP contribution in [0.5, 0.6) is 0 Å². The molecule has 0 fully saturated rings. The van der Waals surface area contributed by atoms with Crippen molar-refractivity contribution in [2.24, 2.45) is 0 Å². The summed E-state index contributed by atoms with van der Waals surface area (Å²) in [4.78, 5) is 18.5. The number of rotatable bonds is 12. The molecule has 0 aliphatic rings. The van der Waals surface area contributed by atoms with Gasteiger partial charge in [-0.05, 0) is 37.7 Å². The summed E-state index contributed by atoms with van der Waals surface area (Å²) in [7, 11) is 0. The van der Waals surface area contributed by atoms with E-state index in [1.165, 1.54) is 5.56 Å². The molecule has 2 N–H and O–H groups in total. The van der Waals surface area contributed by atoms with E-state index in [9.17, 15) is 4.79 Å². The van der Waals surface area contributed by atoms with Crippen LogP contribution in [0.1, 0.15) is 57.3 Å². The molecule has 0 radical (unpaired) electrons. The van der Waals surface area contributed by atoms with E-state index in [-0.39, 0.29) is 11.6 Å². The molecule has 0 spiro atoms. The molecule has 3 unspecified atom stereocenters. The van der Waals surface area contributed by atoms with Crippen molar-refractivity contribution in [2.75, 3.05) is 6.54 Å². The molecule has 0 aliphatic heterocycles. The van der Waals surface area contributed by atoms with Gasteiger partial charge in [0.1, 0.15) is 11.9 Å². The van der Waals surface area contributed by atoms with Crippen LogP contribution in [-0.4, -0.2) is 34.6 Å². The summed E-state index contributed by atoms with van der Waals surface area (Å²) in [6.07, 6.45) is 6.95. The SMILES string of the molecule is CCC(CC(C)(NCCc1ncc[nH]1)C(CC)OC=O)c1ccccc1. The first-order valence-corrected chi connectivity index (χ1v) is 9.50. The standard InChI is InChI=1S/C21H31N3O2/c1-4-17(18-9-7-6-8-10-18)15-21(3,19(5-2)26-16-25)24-12-11-20-22-13-14-23-20/h6-10,13-14,16-17,19,24H,4-5,11-12,15H2,1-3H3,(H,22,23). The molecule has 1 aromatic carbocycles. The monoisotopic (exact) mass is 357 g/mol. The summed E-state index contributed by atoms with van der Waals surface area (Å²) in [6.45, 7) is 7.78. The van der Waals surface area contributed by atoms with Gasteiger partial charge in [0.05, 0.1) is 5.54 Å². The number of ether oxygens (including phenoxy) is 1. The normalized spacial score (nSPS) is 15.8. The predicted molar refractivity (Wildman–Crippen MR) is 104 cm³/mol. The van der Waals surface area contributed by atoms with E-state index in [1.54, 1.807) is 6.20 Å². The maximum Gasteiger partial charge on any atom is 0.293 e. The zero-order valence-corrected chi connectivity index (χ0v) is 16.1. The number of imidazole rings is 1. The molecule has 0 bridgehead atoms. The van der Waals surface area contributed by atoms with Crippen LogP contribution in [0, 0.1) is 0 Å². The number of hydrogen-bond acceptors (Lipinski definition) is 4. The maximum atomic E-state index is 11.0. The highest BCUT2D eigenvalue weighted by atomic mass is 16.5. The first kappa shape index (κ1) is 20.2. The molecule has 1 aromatic heterocycles. The van der Waals surface area contributed by atoms with Crippen LogP contribution < -0.4 is 5.32 Å². The van der Waals surface area contributed by atoms with Gasteiger partial charge in [0, 0.05) is 25.4 Å². The fraction of sp³-hybridized carbons (Fsp3) is 0.524. The molecule has 0 saturated heterocycles. The number of aromatic amines is 1. The van der Waals surface area contributed by atoms with Gasteiger partial charge >= 0.3 is 0 Å². The van der Waals surface area contributed by atoms with Crippen molar-refractivity contribution in [2.45, 2.75) is 64.0 Å². The van der Waals surface area contributed by atoms with E-state index in [1.807, 2.05) is 12.3 Å². The number of carbonyl (C=O) groups is 1. The van der Waals surface area contributed by atoms with Gasteiger partial charge < -0.3 is 15.0 Å². The Hall–Kier alpha value is -2.14. The second-order valence-electron chi connectivity index (χ2n) is 6.98. The van der Waals surface area contributed by atoms with Crippen molar-refractivity contribution in [3.8, 4) is 0 Å². The minimum Gasteiger partial charge on any atom is -0.463 e. The van der Waals surface area contributed by atoms with Crippen LogP contribution in [0.2, 0.25) is 0 Å². The number of benzene rings is 1. The Balaban J connectivity index is 2.13. The fourth-order valence-electron chi connectivity index (χ4n) is 3.72. The smallest absolute Gasteiger partial charge is 0.293 e. The Kier molecular flexibility index (Phi) is 7.85. The molecule has 1 heterocycles. The van der Waals surface area contributed by atoms with Crippen molar-refractivity contribution >= 4 is 6.47 Å². The minimum atomic E-state index is -0.307. The largest absolute Gasteiger partial charge is 0.463 e. The average molecular weight is 357 g/mol. The minimum absolute atomic E-state index is 0.172. The van der Waals surface area contributed by atoms with E-state index in [0.29, 0.717) is 12.4 Å². The van der Waals surface area contributed by atoms with Crippen molar-refractivity contribution in [3.63, 3.8) is 0 Å². The van der Waals surface area contributed by atoms with Crippen LogP contribution in [-0.2, 0) is 16.0 Å². The van der Waals surface area contributed by atoms with Crippen LogP contribution in [0.15, 0.2) is 42.7 Å². The second-order valence-corrected chi connectivity index (χ2v) is 6.98. The second kappa shape index (κ2) is 10.1. The van der Waals surface area contributed by atoms with Crippen LogP contribution in [0.25, 0.3) is 0 Å². The molecule has 142 valence electrons. The number of carbonyl (C=O) groups excluding carboxylic acids is 1. The highest BCUT2D eigenvalue weighted by Gasteiger charge is 2.36. The third kappa shape index (κ3) is 5.43. The van der Waals surface area contributed by atoms with E-state index < -0.39 is 0 Å². The maximum absolute atomic E-state index is 11.0. The van der Waals surface area contributed by atoms with Crippen LogP contribution >= 0.6 is 0 Å². The Morgan fingerprint density at radius 2 is 2.04 bits per heavy atom. The van der Waals surface area contributed by atoms with Crippen molar-refractivity contribution in [1.82, 2.24) is 15.3 Å². The molecule has 0 aliphatic carbocycles. The number of H-pyrrole nitrogens is 1. The number of hydrogen-bond donors (Lipinski definition) is 2. The fourth-order valence-corrected chi connectivity index (χ4v) is 3.72. The predicted octanol–water partition coefficient (Wildman–Crippen LogP) is 3.84. The highest BCUT2D eigenvalue weighted by Crippen LogP contribution is 2.32. The first-order chi connectivity index (χ1) is 12.6. The summed E-state index contributed by atoms with van der Waals surface area (Å²) in [6, 6.07) is 10.6. The molecule has 2 aromatic rings. The molecule has 3 atom stereocenters. The van der Waals surface area contributed by atoms with Gasteiger partial charge in [0.2, 0.25) is 0 Å². The van der Waals surface area contributed by atoms with Crippen molar-refractivity contribution in [1.29, 1.82) is 0 Å². The zero-order valence-electron chi connectivity index (χ0n) is 16.1. The lowest BCUT2D eigenvalue weighted by molar-refractivity contribution is -0.138. The Labute approximate surface area is 156 Å². The summed E-state index contributed by atoms with van der Waals surface area (Å²) in [5, 5.41) is 3.66. The Morgan fingerprint density at radius 3 is 2.62 bits per heavy atom. The van der Waals surface area contributed by atoms with E-state index in [0.717, 1.165) is 38.1 Å². The average Bonchev–Trinajstić information content (AvgIpc) is 3.18. The molecule has 0 saturated carbocycles. The third-order valence-electron chi connectivity index (χ3n) is 5.18. The quantitative estimate of drug-likeness (QED) is 0.567. The van der Waals surface area contributed by atoms with Crippen molar-refractivity contribution in [3.05, 3.63) is 54.1 Å². The Morgan fingerprint density at radius 1 is 1.27 bits per heavy atom. The number of nitrogens with one attached hydrogen (secondary N) is 2. The molecular formula is C21H31N3O2. The molecule has 26 heavy (non-hydrogen) atoms. The van der Waals surface area contributed by atoms with Gasteiger partial charge in [-0.3, -0.25) is 4.79 Å². The van der Waals surface area contributed by atoms with Crippen molar-refractivity contribution < 1.29 is 9.53 Å². The number of aromatic nitrogens is 2. The molecule has 0 amide bonds. The lowest BCUT2D eigenvalue weighted by atomic mass is 9.79. The summed E-state index contributed by atoms with van der Waals surface area (Å²) >= 11 is 0. The molecular weight excluding hydrogens is 326 g/mol. The summed E-state index contributed by atoms with van der Waals surface area (Å²) in [5.74, 6) is 1.36. The first-order valence-electron chi connectivity index (χ1n) is 9.50. The third-order valence-corrected chi connectivity index (χ3v) is 5.18. The van der Waals surface area contributed by atoms with Gasteiger partial charge in [-0.2, -0.15) is 0 Å². The van der Waals surface area contributed by atoms with E-state index >= 15 is 0 Å². The van der Waals surface area contributed by atoms with Gasteiger partial charge in [0.25, 0.3) is 6.47 Å². The summed E-state index contributed by atoms with van der Waals surface area (Å²) < 4.78 is 5.46. The van der Waals surface area contributed by atoms with Gasteiger partial charge in [-0.1, -0.05) is 44.2 Å². The van der Waals surface area contributed by atoms with Gasteiger partial charge in [-0.25, -0.2) is 4.98 Å². The Bertz CT molecular complexity index is 630. The van der Waals surface area contributed by atoms with Crippen LogP contribution in [0.4, 0.5) is 0 Å².